The zero-order valence-corrected chi connectivity index (χ0v) is 10.5. The van der Waals surface area contributed by atoms with Crippen LogP contribution < -0.4 is 0 Å². The zero-order valence-electron chi connectivity index (χ0n) is 9.60. The van der Waals surface area contributed by atoms with Crippen LogP contribution in [0.3, 0.4) is 0 Å². The molecule has 0 amide bonds. The van der Waals surface area contributed by atoms with Crippen LogP contribution in [0.15, 0.2) is 0 Å². The van der Waals surface area contributed by atoms with Crippen molar-refractivity contribution in [2.75, 3.05) is 19.1 Å². The van der Waals surface area contributed by atoms with Gasteiger partial charge in [-0.25, -0.2) is 0 Å². The molecule has 15 heavy (non-hydrogen) atoms. The largest absolute Gasteiger partial charge is 0.466 e. The second-order valence-electron chi connectivity index (χ2n) is 3.88. The summed E-state index contributed by atoms with van der Waals surface area (Å²) < 4.78 is 16.1. The minimum Gasteiger partial charge on any atom is -0.466 e. The van der Waals surface area contributed by atoms with E-state index in [1.54, 1.807) is 6.92 Å². The molecule has 2 unspecified atom stereocenters. The quantitative estimate of drug-likeness (QED) is 0.541. The van der Waals surface area contributed by atoms with Crippen LogP contribution in [0.2, 0.25) is 0 Å². The minimum absolute atomic E-state index is 0.225. The van der Waals surface area contributed by atoms with Crippen LogP contribution in [0, 0.1) is 11.8 Å². The molecule has 0 radical (unpaired) electrons. The average Bonchev–Trinajstić information content (AvgIpc) is 2.16. The summed E-state index contributed by atoms with van der Waals surface area (Å²) in [4.78, 5) is 11.5. The minimum atomic E-state index is -1.69. The van der Waals surface area contributed by atoms with Crippen LogP contribution in [0.5, 0.6) is 0 Å². The van der Waals surface area contributed by atoms with Crippen LogP contribution in [0.1, 0.15) is 27.2 Å². The monoisotopic (exact) mass is 235 g/mol. The standard InChI is InChI=1S/C10H20O4P/c1-4-14-10(12)9(5-8(2)3)6-15(13)7-11/h8-9,11H,4-7H2,1-3H3/q+1. The number of aliphatic hydroxyl groups excluding tert-OH is 1. The Morgan fingerprint density at radius 2 is 2.07 bits per heavy atom. The van der Waals surface area contributed by atoms with E-state index >= 15 is 0 Å². The molecular weight excluding hydrogens is 215 g/mol. The molecule has 0 saturated heterocycles. The fourth-order valence-electron chi connectivity index (χ4n) is 1.38. The topological polar surface area (TPSA) is 63.6 Å². The van der Waals surface area contributed by atoms with Crippen molar-refractivity contribution in [3.05, 3.63) is 0 Å². The first-order valence-electron chi connectivity index (χ1n) is 5.20. The summed E-state index contributed by atoms with van der Waals surface area (Å²) in [7, 11) is -1.69. The summed E-state index contributed by atoms with van der Waals surface area (Å²) in [6.07, 6.45) is 0.520. The number of hydrogen-bond donors (Lipinski definition) is 1. The maximum atomic E-state index is 11.5. The van der Waals surface area contributed by atoms with Gasteiger partial charge in [-0.1, -0.05) is 18.4 Å². The lowest BCUT2D eigenvalue weighted by atomic mass is 9.99. The van der Waals surface area contributed by atoms with Gasteiger partial charge in [-0.3, -0.25) is 4.79 Å². The molecular formula is C10H20O4P+. The van der Waals surface area contributed by atoms with Gasteiger partial charge in [0.1, 0.15) is 5.92 Å². The van der Waals surface area contributed by atoms with Gasteiger partial charge in [-0.05, 0) is 19.3 Å². The summed E-state index contributed by atoms with van der Waals surface area (Å²) in [5.41, 5.74) is 0. The smallest absolute Gasteiger partial charge is 0.367 e. The molecule has 0 aliphatic carbocycles. The molecule has 0 spiro atoms. The van der Waals surface area contributed by atoms with E-state index in [0.29, 0.717) is 18.9 Å². The van der Waals surface area contributed by atoms with E-state index in [-0.39, 0.29) is 24.4 Å². The van der Waals surface area contributed by atoms with E-state index in [0.717, 1.165) is 0 Å². The van der Waals surface area contributed by atoms with Crippen LogP contribution in [-0.4, -0.2) is 30.2 Å². The molecule has 0 aliphatic rings. The molecule has 0 rings (SSSR count). The maximum absolute atomic E-state index is 11.5. The molecule has 0 aromatic carbocycles. The lowest BCUT2D eigenvalue weighted by molar-refractivity contribution is -0.147. The molecule has 0 aromatic heterocycles. The third-order valence-electron chi connectivity index (χ3n) is 1.96. The Balaban J connectivity index is 4.29. The van der Waals surface area contributed by atoms with Gasteiger partial charge in [0.25, 0.3) is 0 Å². The van der Waals surface area contributed by atoms with Crippen molar-refractivity contribution in [1.82, 2.24) is 0 Å². The third kappa shape index (κ3) is 6.58. The van der Waals surface area contributed by atoms with E-state index in [9.17, 15) is 9.36 Å². The van der Waals surface area contributed by atoms with Crippen molar-refractivity contribution in [3.63, 3.8) is 0 Å². The van der Waals surface area contributed by atoms with E-state index < -0.39 is 7.80 Å². The third-order valence-corrected chi connectivity index (χ3v) is 3.12. The zero-order chi connectivity index (χ0) is 11.8. The normalized spacial score (nSPS) is 13.8. The second-order valence-corrected chi connectivity index (χ2v) is 5.50. The van der Waals surface area contributed by atoms with Crippen molar-refractivity contribution < 1.29 is 19.2 Å². The molecule has 0 aromatic rings. The van der Waals surface area contributed by atoms with Gasteiger partial charge in [-0.2, -0.15) is 0 Å². The summed E-state index contributed by atoms with van der Waals surface area (Å²) >= 11 is 0. The summed E-state index contributed by atoms with van der Waals surface area (Å²) in [6, 6.07) is 0. The van der Waals surface area contributed by atoms with Crippen molar-refractivity contribution in [2.24, 2.45) is 11.8 Å². The SMILES string of the molecule is CCOC(=O)C(CC(C)C)C[P+](=O)CO. The molecule has 5 heteroatoms. The predicted molar refractivity (Wildman–Crippen MR) is 59.1 cm³/mol. The molecule has 2 atom stereocenters. The Morgan fingerprint density at radius 1 is 1.47 bits per heavy atom. The Hall–Kier alpha value is -0.470. The van der Waals surface area contributed by atoms with Gasteiger partial charge in [-0.15, -0.1) is 0 Å². The lowest BCUT2D eigenvalue weighted by Gasteiger charge is -2.13. The molecule has 1 N–H and O–H groups in total. The Kier molecular flexibility index (Phi) is 7.53. The highest BCUT2D eigenvalue weighted by molar-refractivity contribution is 7.44. The Morgan fingerprint density at radius 3 is 2.47 bits per heavy atom. The van der Waals surface area contributed by atoms with Crippen LogP contribution in [0.25, 0.3) is 0 Å². The van der Waals surface area contributed by atoms with E-state index in [1.807, 2.05) is 13.8 Å². The number of hydrogen-bond acceptors (Lipinski definition) is 4. The second kappa shape index (κ2) is 7.77. The number of carbonyl (C=O) groups is 1. The molecule has 0 heterocycles. The molecule has 0 aliphatic heterocycles. The molecule has 0 saturated carbocycles. The lowest BCUT2D eigenvalue weighted by Crippen LogP contribution is -2.22. The fraction of sp³-hybridized carbons (Fsp3) is 0.900. The van der Waals surface area contributed by atoms with Gasteiger partial charge in [0.05, 0.1) is 6.61 Å². The van der Waals surface area contributed by atoms with E-state index in [4.69, 9.17) is 9.84 Å². The first-order valence-corrected chi connectivity index (χ1v) is 6.83. The first kappa shape index (κ1) is 14.5. The molecule has 0 bridgehead atoms. The van der Waals surface area contributed by atoms with Crippen molar-refractivity contribution >= 4 is 13.8 Å². The number of ether oxygens (including phenoxy) is 1. The van der Waals surface area contributed by atoms with Crippen molar-refractivity contribution in [1.29, 1.82) is 0 Å². The van der Waals surface area contributed by atoms with Gasteiger partial charge in [0.15, 0.2) is 6.16 Å². The highest BCUT2D eigenvalue weighted by atomic mass is 31.1. The number of esters is 1. The van der Waals surface area contributed by atoms with E-state index in [2.05, 4.69) is 0 Å². The molecule has 88 valence electrons. The summed E-state index contributed by atoms with van der Waals surface area (Å²) in [6.45, 7) is 6.08. The van der Waals surface area contributed by atoms with Gasteiger partial charge >= 0.3 is 13.8 Å². The highest BCUT2D eigenvalue weighted by Crippen LogP contribution is 2.27. The Labute approximate surface area is 91.8 Å². The summed E-state index contributed by atoms with van der Waals surface area (Å²) in [5, 5.41) is 8.69. The predicted octanol–water partition coefficient (Wildman–Crippen LogP) is 1.99. The maximum Gasteiger partial charge on any atom is 0.367 e. The van der Waals surface area contributed by atoms with Crippen LogP contribution in [0.4, 0.5) is 0 Å². The summed E-state index contributed by atoms with van der Waals surface area (Å²) in [5.74, 6) is -0.301. The number of carbonyl (C=O) groups excluding carboxylic acids is 1. The van der Waals surface area contributed by atoms with Gasteiger partial charge < -0.3 is 9.84 Å². The average molecular weight is 235 g/mol. The Bertz CT molecular complexity index is 215. The number of rotatable bonds is 7. The van der Waals surface area contributed by atoms with Crippen LogP contribution >= 0.6 is 7.80 Å². The molecule has 4 nitrogen and oxygen atoms in total. The van der Waals surface area contributed by atoms with Gasteiger partial charge in [0.2, 0.25) is 6.35 Å². The van der Waals surface area contributed by atoms with Crippen molar-refractivity contribution in [2.45, 2.75) is 27.2 Å². The number of aliphatic hydroxyl groups is 1. The van der Waals surface area contributed by atoms with E-state index in [1.165, 1.54) is 0 Å². The fourth-order valence-corrected chi connectivity index (χ4v) is 2.28. The van der Waals surface area contributed by atoms with Crippen LogP contribution in [-0.2, 0) is 14.1 Å². The first-order chi connectivity index (χ1) is 7.01. The highest BCUT2D eigenvalue weighted by Gasteiger charge is 2.29. The van der Waals surface area contributed by atoms with Crippen molar-refractivity contribution in [3.8, 4) is 0 Å². The van der Waals surface area contributed by atoms with Gasteiger partial charge in [0, 0.05) is 0 Å². The molecule has 0 fully saturated rings.